The molecule has 1 amide bonds. The summed E-state index contributed by atoms with van der Waals surface area (Å²) in [7, 11) is -2.25. The number of carbonyl (C=O) groups excluding carboxylic acids is 1. The van der Waals surface area contributed by atoms with Crippen molar-refractivity contribution >= 4 is 33.2 Å². The van der Waals surface area contributed by atoms with Crippen LogP contribution in [0.5, 0.6) is 5.75 Å². The summed E-state index contributed by atoms with van der Waals surface area (Å²) < 4.78 is 31.1. The van der Waals surface area contributed by atoms with Gasteiger partial charge in [-0.05, 0) is 62.2 Å². The van der Waals surface area contributed by atoms with Gasteiger partial charge in [0.1, 0.15) is 11.8 Å². The summed E-state index contributed by atoms with van der Waals surface area (Å²) in [6.07, 6.45) is 3.58. The first-order valence-corrected chi connectivity index (χ1v) is 12.8. The number of nitrogens with one attached hydrogen (secondary N) is 1. The first-order valence-electron chi connectivity index (χ1n) is 10.6. The Labute approximate surface area is 195 Å². The van der Waals surface area contributed by atoms with Crippen LogP contribution in [0.3, 0.4) is 0 Å². The number of methoxy groups -OCH3 is 1. The third-order valence-electron chi connectivity index (χ3n) is 5.57. The smallest absolute Gasteiger partial charge is 0.243 e. The molecule has 1 saturated heterocycles. The van der Waals surface area contributed by atoms with Gasteiger partial charge in [0, 0.05) is 13.1 Å². The molecule has 1 heterocycles. The fourth-order valence-corrected chi connectivity index (χ4v) is 5.32. The lowest BCUT2D eigenvalue weighted by Gasteiger charge is -2.28. The molecule has 7 nitrogen and oxygen atoms in total. The van der Waals surface area contributed by atoms with Gasteiger partial charge in [0.05, 0.1) is 24.1 Å². The second-order valence-corrected chi connectivity index (χ2v) is 10.3. The molecule has 0 aliphatic carbocycles. The van der Waals surface area contributed by atoms with Crippen LogP contribution >= 0.6 is 11.6 Å². The number of hydrogen-bond acceptors (Lipinski definition) is 5. The molecule has 32 heavy (non-hydrogen) atoms. The van der Waals surface area contributed by atoms with Gasteiger partial charge in [0.2, 0.25) is 15.9 Å². The van der Waals surface area contributed by atoms with Crippen molar-refractivity contribution in [2.75, 3.05) is 30.8 Å². The Kier molecular flexibility index (Phi) is 8.03. The van der Waals surface area contributed by atoms with Gasteiger partial charge in [-0.3, -0.25) is 14.0 Å². The lowest BCUT2D eigenvalue weighted by Crippen LogP contribution is -2.47. The first-order chi connectivity index (χ1) is 15.2. The van der Waals surface area contributed by atoms with Gasteiger partial charge < -0.3 is 10.1 Å². The number of nitrogens with zero attached hydrogens (tertiary/aromatic N) is 2. The summed E-state index contributed by atoms with van der Waals surface area (Å²) in [5.41, 5.74) is 2.50. The number of benzene rings is 2. The number of likely N-dealkylation sites (tertiary alicyclic amines) is 1. The molecule has 2 aromatic carbocycles. The average molecular weight is 480 g/mol. The van der Waals surface area contributed by atoms with Crippen molar-refractivity contribution in [3.8, 4) is 5.75 Å². The topological polar surface area (TPSA) is 79.0 Å². The van der Waals surface area contributed by atoms with E-state index in [0.717, 1.165) is 35.8 Å². The SMILES string of the molecule is COc1ccc(N(C(C)C(=O)NCc2ccc(CN3CCCC3)cc2)S(C)(=O)=O)cc1Cl. The van der Waals surface area contributed by atoms with Gasteiger partial charge in [-0.15, -0.1) is 0 Å². The third kappa shape index (κ3) is 6.15. The summed E-state index contributed by atoms with van der Waals surface area (Å²) in [6.45, 7) is 5.09. The van der Waals surface area contributed by atoms with E-state index in [-0.39, 0.29) is 5.02 Å². The zero-order valence-electron chi connectivity index (χ0n) is 18.7. The highest BCUT2D eigenvalue weighted by molar-refractivity contribution is 7.92. The van der Waals surface area contributed by atoms with Gasteiger partial charge in [-0.2, -0.15) is 0 Å². The molecule has 0 bridgehead atoms. The molecule has 0 spiro atoms. The molecular weight excluding hydrogens is 450 g/mol. The first kappa shape index (κ1) is 24.4. The monoisotopic (exact) mass is 479 g/mol. The summed E-state index contributed by atoms with van der Waals surface area (Å²) in [4.78, 5) is 15.2. The maximum absolute atomic E-state index is 12.8. The van der Waals surface area contributed by atoms with Crippen molar-refractivity contribution < 1.29 is 17.9 Å². The fraction of sp³-hybridized carbons (Fsp3) is 0.435. The predicted octanol–water partition coefficient (Wildman–Crippen LogP) is 3.42. The van der Waals surface area contributed by atoms with Gasteiger partial charge in [-0.25, -0.2) is 8.42 Å². The summed E-state index contributed by atoms with van der Waals surface area (Å²) in [5.74, 6) is 0.0256. The fourth-order valence-electron chi connectivity index (χ4n) is 3.90. The highest BCUT2D eigenvalue weighted by Crippen LogP contribution is 2.31. The Morgan fingerprint density at radius 3 is 2.34 bits per heavy atom. The molecular formula is C23H30ClN3O4S. The lowest BCUT2D eigenvalue weighted by molar-refractivity contribution is -0.122. The maximum atomic E-state index is 12.8. The highest BCUT2D eigenvalue weighted by atomic mass is 35.5. The minimum absolute atomic E-state index is 0.264. The van der Waals surface area contributed by atoms with Crippen molar-refractivity contribution in [3.63, 3.8) is 0 Å². The van der Waals surface area contributed by atoms with Crippen LogP contribution in [0.2, 0.25) is 5.02 Å². The quantitative estimate of drug-likeness (QED) is 0.596. The number of carbonyl (C=O) groups is 1. The Bertz CT molecular complexity index is 1040. The molecule has 0 saturated carbocycles. The van der Waals surface area contributed by atoms with E-state index in [1.54, 1.807) is 19.1 Å². The number of ether oxygens (including phenoxy) is 1. The maximum Gasteiger partial charge on any atom is 0.243 e. The molecule has 1 N–H and O–H groups in total. The molecule has 9 heteroatoms. The molecule has 1 unspecified atom stereocenters. The van der Waals surface area contributed by atoms with E-state index in [9.17, 15) is 13.2 Å². The predicted molar refractivity (Wildman–Crippen MR) is 128 cm³/mol. The third-order valence-corrected chi connectivity index (χ3v) is 7.11. The van der Waals surface area contributed by atoms with Crippen LogP contribution in [0.25, 0.3) is 0 Å². The van der Waals surface area contributed by atoms with E-state index in [1.165, 1.54) is 31.6 Å². The van der Waals surface area contributed by atoms with E-state index in [2.05, 4.69) is 22.3 Å². The van der Waals surface area contributed by atoms with Crippen LogP contribution in [-0.4, -0.2) is 51.7 Å². The number of amides is 1. The van der Waals surface area contributed by atoms with E-state index < -0.39 is 22.0 Å². The number of anilines is 1. The van der Waals surface area contributed by atoms with Gasteiger partial charge >= 0.3 is 0 Å². The van der Waals surface area contributed by atoms with Crippen molar-refractivity contribution in [2.24, 2.45) is 0 Å². The van der Waals surface area contributed by atoms with Crippen LogP contribution in [0.4, 0.5) is 5.69 Å². The van der Waals surface area contributed by atoms with Crippen LogP contribution in [0.15, 0.2) is 42.5 Å². The normalized spacial score (nSPS) is 15.4. The van der Waals surface area contributed by atoms with Crippen LogP contribution in [0, 0.1) is 0 Å². The van der Waals surface area contributed by atoms with Crippen molar-refractivity contribution in [3.05, 3.63) is 58.6 Å². The minimum Gasteiger partial charge on any atom is -0.495 e. The van der Waals surface area contributed by atoms with Crippen LogP contribution < -0.4 is 14.4 Å². The number of hydrogen-bond donors (Lipinski definition) is 1. The molecule has 3 rings (SSSR count). The number of halogens is 1. The van der Waals surface area contributed by atoms with E-state index in [1.807, 2.05) is 12.1 Å². The van der Waals surface area contributed by atoms with Gasteiger partial charge in [0.25, 0.3) is 0 Å². The number of sulfonamides is 1. The standard InChI is InChI=1S/C23H30ClN3O4S/c1-17(27(32(3,29)30)20-10-11-22(31-2)21(24)14-20)23(28)25-15-18-6-8-19(9-7-18)16-26-12-4-5-13-26/h6-11,14,17H,4-5,12-13,15-16H2,1-3H3,(H,25,28). The van der Waals surface area contributed by atoms with Crippen molar-refractivity contribution in [1.29, 1.82) is 0 Å². The van der Waals surface area contributed by atoms with Crippen molar-refractivity contribution in [1.82, 2.24) is 10.2 Å². The zero-order chi connectivity index (χ0) is 23.3. The highest BCUT2D eigenvalue weighted by Gasteiger charge is 2.29. The summed E-state index contributed by atoms with van der Waals surface area (Å²) in [5, 5.41) is 3.10. The zero-order valence-corrected chi connectivity index (χ0v) is 20.2. The molecule has 1 aliphatic heterocycles. The lowest BCUT2D eigenvalue weighted by atomic mass is 10.1. The van der Waals surface area contributed by atoms with Crippen LogP contribution in [0.1, 0.15) is 30.9 Å². The summed E-state index contributed by atoms with van der Waals surface area (Å²) >= 11 is 6.17. The molecule has 0 aromatic heterocycles. The number of rotatable bonds is 9. The Morgan fingerprint density at radius 2 is 1.78 bits per heavy atom. The molecule has 174 valence electrons. The molecule has 1 aliphatic rings. The summed E-state index contributed by atoms with van der Waals surface area (Å²) in [6, 6.07) is 11.8. The van der Waals surface area contributed by atoms with E-state index in [0.29, 0.717) is 18.0 Å². The van der Waals surface area contributed by atoms with Gasteiger partial charge in [-0.1, -0.05) is 35.9 Å². The van der Waals surface area contributed by atoms with E-state index >= 15 is 0 Å². The second-order valence-electron chi connectivity index (χ2n) is 8.07. The molecule has 1 atom stereocenters. The van der Waals surface area contributed by atoms with Crippen molar-refractivity contribution in [2.45, 2.75) is 38.9 Å². The second kappa shape index (κ2) is 10.6. The van der Waals surface area contributed by atoms with E-state index in [4.69, 9.17) is 16.3 Å². The Morgan fingerprint density at radius 1 is 1.16 bits per heavy atom. The van der Waals surface area contributed by atoms with Crippen LogP contribution in [-0.2, 0) is 27.9 Å². The minimum atomic E-state index is -3.73. The molecule has 0 radical (unpaired) electrons. The molecule has 2 aromatic rings. The average Bonchev–Trinajstić information content (AvgIpc) is 3.25. The molecule has 1 fully saturated rings. The van der Waals surface area contributed by atoms with Gasteiger partial charge in [0.15, 0.2) is 0 Å². The largest absolute Gasteiger partial charge is 0.495 e. The Balaban J connectivity index is 1.65. The Hall–Kier alpha value is -2.29.